The van der Waals surface area contributed by atoms with Gasteiger partial charge in [0.05, 0.1) is 10.9 Å². The van der Waals surface area contributed by atoms with Crippen LogP contribution >= 0.6 is 0 Å². The summed E-state index contributed by atoms with van der Waals surface area (Å²) >= 11 is 0. The first-order valence-electron chi connectivity index (χ1n) is 10.4. The van der Waals surface area contributed by atoms with Gasteiger partial charge in [-0.25, -0.2) is 0 Å². The molecule has 0 atom stereocenters. The molecule has 0 aliphatic rings. The minimum Gasteiger partial charge on any atom is -0.198 e. The number of pyridine rings is 1. The van der Waals surface area contributed by atoms with E-state index in [4.69, 9.17) is 0 Å². The Morgan fingerprint density at radius 3 is 1.21 bits per heavy atom. The molecule has 2 aromatic carbocycles. The second-order valence-electron chi connectivity index (χ2n) is 8.87. The third kappa shape index (κ3) is 2.55. The van der Waals surface area contributed by atoms with Gasteiger partial charge in [0.15, 0.2) is 5.69 Å². The lowest BCUT2D eigenvalue weighted by molar-refractivity contribution is -0.665. The predicted octanol–water partition coefficient (Wildman–Crippen LogP) is 6.72. The predicted molar refractivity (Wildman–Crippen MR) is 123 cm³/mol. The summed E-state index contributed by atoms with van der Waals surface area (Å²) in [4.78, 5) is 0. The fraction of sp³-hybridized carbons (Fsp3) is 0.444. The maximum Gasteiger partial charge on any atom is 0.221 e. The monoisotopic (exact) mass is 374 g/mol. The molecule has 0 radical (unpaired) electrons. The highest BCUT2D eigenvalue weighted by Crippen LogP contribution is 2.40. The molecule has 1 heteroatoms. The van der Waals surface area contributed by atoms with Gasteiger partial charge in [-0.1, -0.05) is 0 Å². The molecule has 0 aliphatic heterocycles. The zero-order valence-electron chi connectivity index (χ0n) is 19.9. The molecule has 0 N–H and O–H groups in total. The first kappa shape index (κ1) is 20.6. The molecule has 0 unspecified atom stereocenters. The lowest BCUT2D eigenvalue weighted by atomic mass is 9.83. The number of aromatic nitrogens is 1. The van der Waals surface area contributed by atoms with Crippen LogP contribution in [0.3, 0.4) is 0 Å². The van der Waals surface area contributed by atoms with Crippen LogP contribution in [0.15, 0.2) is 0 Å². The van der Waals surface area contributed by atoms with Gasteiger partial charge in [0.1, 0.15) is 7.05 Å². The third-order valence-corrected chi connectivity index (χ3v) is 7.92. The molecule has 0 saturated heterocycles. The van der Waals surface area contributed by atoms with Crippen molar-refractivity contribution in [1.29, 1.82) is 0 Å². The number of aryl methyl sites for hydroxylation is 3. The number of benzene rings is 2. The van der Waals surface area contributed by atoms with Gasteiger partial charge in [-0.05, 0) is 119 Å². The quantitative estimate of drug-likeness (QED) is 0.416. The molecule has 3 aromatic rings. The van der Waals surface area contributed by atoms with Crippen LogP contribution in [-0.4, -0.2) is 0 Å². The molecule has 0 fully saturated rings. The molecule has 28 heavy (non-hydrogen) atoms. The van der Waals surface area contributed by atoms with Crippen LogP contribution in [0.4, 0.5) is 0 Å². The van der Waals surface area contributed by atoms with Crippen LogP contribution < -0.4 is 4.57 Å². The Balaban J connectivity index is 2.73. The number of rotatable bonds is 1. The molecule has 0 bridgehead atoms. The molecule has 0 amide bonds. The van der Waals surface area contributed by atoms with Crippen molar-refractivity contribution in [2.24, 2.45) is 7.05 Å². The maximum atomic E-state index is 2.43. The lowest BCUT2D eigenvalue weighted by Crippen LogP contribution is -2.37. The van der Waals surface area contributed by atoms with Crippen molar-refractivity contribution in [1.82, 2.24) is 0 Å². The summed E-state index contributed by atoms with van der Waals surface area (Å²) in [5.41, 5.74) is 18.3. The van der Waals surface area contributed by atoms with E-state index >= 15 is 0 Å². The van der Waals surface area contributed by atoms with Crippen molar-refractivity contribution in [3.8, 4) is 11.3 Å². The maximum absolute atomic E-state index is 2.43. The van der Waals surface area contributed by atoms with Crippen LogP contribution in [-0.2, 0) is 7.05 Å². The number of fused-ring (bicyclic) bond motifs is 1. The molecule has 148 valence electrons. The molecule has 1 heterocycles. The summed E-state index contributed by atoms with van der Waals surface area (Å²) in [5, 5.41) is 2.88. The highest BCUT2D eigenvalue weighted by atomic mass is 14.9. The fourth-order valence-corrected chi connectivity index (χ4v) is 4.99. The smallest absolute Gasteiger partial charge is 0.198 e. The molecule has 0 spiro atoms. The van der Waals surface area contributed by atoms with Crippen molar-refractivity contribution in [3.63, 3.8) is 0 Å². The first-order chi connectivity index (χ1) is 12.9. The summed E-state index contributed by atoms with van der Waals surface area (Å²) < 4.78 is 2.43. The van der Waals surface area contributed by atoms with E-state index in [2.05, 4.69) is 87.8 Å². The van der Waals surface area contributed by atoms with Crippen LogP contribution in [0.1, 0.15) is 61.3 Å². The summed E-state index contributed by atoms with van der Waals surface area (Å²) in [6.07, 6.45) is 0. The molecular formula is C27H36N+. The van der Waals surface area contributed by atoms with E-state index in [9.17, 15) is 0 Å². The summed E-state index contributed by atoms with van der Waals surface area (Å²) in [6.45, 7) is 25.1. The highest BCUT2D eigenvalue weighted by molar-refractivity contribution is 6.02. The molecule has 1 nitrogen and oxygen atoms in total. The zero-order valence-corrected chi connectivity index (χ0v) is 19.9. The van der Waals surface area contributed by atoms with Crippen LogP contribution in [0.2, 0.25) is 0 Å². The summed E-state index contributed by atoms with van der Waals surface area (Å²) in [6, 6.07) is 0. The normalized spacial score (nSPS) is 11.6. The molecule has 1 aromatic heterocycles. The van der Waals surface area contributed by atoms with Crippen molar-refractivity contribution in [2.75, 3.05) is 0 Å². The summed E-state index contributed by atoms with van der Waals surface area (Å²) in [7, 11) is 2.24. The average molecular weight is 375 g/mol. The molecule has 0 aliphatic carbocycles. The van der Waals surface area contributed by atoms with E-state index in [1.165, 1.54) is 83.4 Å². The Morgan fingerprint density at radius 2 is 0.750 bits per heavy atom. The van der Waals surface area contributed by atoms with Gasteiger partial charge in [0.25, 0.3) is 0 Å². The Labute approximate surface area is 171 Å². The van der Waals surface area contributed by atoms with E-state index in [1.54, 1.807) is 0 Å². The first-order valence-corrected chi connectivity index (χ1v) is 10.4. The van der Waals surface area contributed by atoms with Crippen LogP contribution in [0.5, 0.6) is 0 Å². The Morgan fingerprint density at radius 1 is 0.393 bits per heavy atom. The standard InChI is InChI=1S/C27H36N/c1-13-14(2)19(7)25(20(8)15(13)3)27-26-21(9)17(5)16(4)18(6)24(26)22(10)23(11)28(27)12/h1-12H3/q+1. The van der Waals surface area contributed by atoms with Gasteiger partial charge < -0.3 is 0 Å². The largest absolute Gasteiger partial charge is 0.221 e. The number of hydrogen-bond donors (Lipinski definition) is 0. The minimum absolute atomic E-state index is 1.35. The van der Waals surface area contributed by atoms with Gasteiger partial charge in [-0.2, -0.15) is 4.57 Å². The lowest BCUT2D eigenvalue weighted by Gasteiger charge is -2.22. The minimum atomic E-state index is 1.35. The average Bonchev–Trinajstić information content (AvgIpc) is 2.67. The van der Waals surface area contributed by atoms with Gasteiger partial charge >= 0.3 is 0 Å². The zero-order chi connectivity index (χ0) is 21.2. The van der Waals surface area contributed by atoms with E-state index in [-0.39, 0.29) is 0 Å². The van der Waals surface area contributed by atoms with Crippen LogP contribution in [0.25, 0.3) is 22.0 Å². The SMILES string of the molecule is Cc1c(C)c(C)c(-c2c3c(C)c(C)c(C)c(C)c3c(C)c(C)[n+]2C)c(C)c1C. The van der Waals surface area contributed by atoms with Crippen LogP contribution in [0, 0.1) is 76.2 Å². The van der Waals surface area contributed by atoms with Crippen molar-refractivity contribution >= 4 is 10.8 Å². The second kappa shape index (κ2) is 6.72. The molecule has 0 saturated carbocycles. The van der Waals surface area contributed by atoms with E-state index in [0.717, 1.165) is 0 Å². The second-order valence-corrected chi connectivity index (χ2v) is 8.87. The van der Waals surface area contributed by atoms with E-state index in [1.807, 2.05) is 0 Å². The number of nitrogens with zero attached hydrogens (tertiary/aromatic N) is 1. The Bertz CT molecular complexity index is 1120. The van der Waals surface area contributed by atoms with Gasteiger partial charge in [0.2, 0.25) is 5.69 Å². The van der Waals surface area contributed by atoms with Gasteiger partial charge in [-0.3, -0.25) is 0 Å². The fourth-order valence-electron chi connectivity index (χ4n) is 4.99. The molecule has 3 rings (SSSR count). The third-order valence-electron chi connectivity index (χ3n) is 7.92. The van der Waals surface area contributed by atoms with Gasteiger partial charge in [0, 0.05) is 17.9 Å². The van der Waals surface area contributed by atoms with Gasteiger partial charge in [-0.15, -0.1) is 0 Å². The van der Waals surface area contributed by atoms with Crippen molar-refractivity contribution < 1.29 is 4.57 Å². The Kier molecular flexibility index (Phi) is 4.94. The highest BCUT2D eigenvalue weighted by Gasteiger charge is 2.28. The molecular weight excluding hydrogens is 338 g/mol. The van der Waals surface area contributed by atoms with Crippen molar-refractivity contribution in [3.05, 3.63) is 61.3 Å². The van der Waals surface area contributed by atoms with E-state index in [0.29, 0.717) is 0 Å². The van der Waals surface area contributed by atoms with Crippen molar-refractivity contribution in [2.45, 2.75) is 76.2 Å². The Hall–Kier alpha value is -2.15. The number of hydrogen-bond acceptors (Lipinski definition) is 0. The topological polar surface area (TPSA) is 3.88 Å². The summed E-state index contributed by atoms with van der Waals surface area (Å²) in [5.74, 6) is 0. The van der Waals surface area contributed by atoms with E-state index < -0.39 is 0 Å².